The van der Waals surface area contributed by atoms with Crippen molar-refractivity contribution in [3.8, 4) is 11.5 Å². The molecule has 1 unspecified atom stereocenters. The lowest BCUT2D eigenvalue weighted by Crippen LogP contribution is -2.27. The molecule has 0 N–H and O–H groups in total. The smallest absolute Gasteiger partial charge is 0.234 e. The highest BCUT2D eigenvalue weighted by Gasteiger charge is 2.33. The highest BCUT2D eigenvalue weighted by molar-refractivity contribution is 8.00. The first-order valence-electron chi connectivity index (χ1n) is 6.63. The number of hydrogen-bond acceptors (Lipinski definition) is 5. The van der Waals surface area contributed by atoms with Gasteiger partial charge in [0.25, 0.3) is 0 Å². The van der Waals surface area contributed by atoms with E-state index in [1.807, 2.05) is 29.2 Å². The van der Waals surface area contributed by atoms with Crippen molar-refractivity contribution < 1.29 is 18.7 Å². The number of furan rings is 1. The standard InChI is InChI=1S/C15H13NO4S/c17-14-8-21-15(11-3-4-18-7-11)16(14)6-10-1-2-12-13(5-10)20-9-19-12/h1-5,7,15H,6,8-9H2. The van der Waals surface area contributed by atoms with Crippen molar-refractivity contribution in [2.75, 3.05) is 12.5 Å². The Morgan fingerprint density at radius 3 is 3.00 bits per heavy atom. The van der Waals surface area contributed by atoms with Crippen LogP contribution in [0.25, 0.3) is 0 Å². The highest BCUT2D eigenvalue weighted by atomic mass is 32.2. The van der Waals surface area contributed by atoms with Crippen molar-refractivity contribution in [2.45, 2.75) is 11.9 Å². The molecule has 0 spiro atoms. The number of thioether (sulfide) groups is 1. The molecule has 2 aliphatic rings. The molecular formula is C15H13NO4S. The number of rotatable bonds is 3. The van der Waals surface area contributed by atoms with Crippen LogP contribution in [0.4, 0.5) is 0 Å². The average Bonchev–Trinajstić information content (AvgIpc) is 3.20. The van der Waals surface area contributed by atoms with Crippen molar-refractivity contribution in [3.05, 3.63) is 47.9 Å². The lowest BCUT2D eigenvalue weighted by atomic mass is 10.1. The number of carbonyl (C=O) groups excluding carboxylic acids is 1. The van der Waals surface area contributed by atoms with Gasteiger partial charge in [-0.3, -0.25) is 4.79 Å². The van der Waals surface area contributed by atoms with Gasteiger partial charge in [-0.1, -0.05) is 6.07 Å². The first-order valence-corrected chi connectivity index (χ1v) is 7.68. The molecule has 1 amide bonds. The fraction of sp³-hybridized carbons (Fsp3) is 0.267. The number of fused-ring (bicyclic) bond motifs is 1. The van der Waals surface area contributed by atoms with E-state index in [0.29, 0.717) is 12.3 Å². The molecular weight excluding hydrogens is 290 g/mol. The van der Waals surface area contributed by atoms with Gasteiger partial charge in [0, 0.05) is 12.1 Å². The van der Waals surface area contributed by atoms with Gasteiger partial charge in [-0.25, -0.2) is 0 Å². The summed E-state index contributed by atoms with van der Waals surface area (Å²) >= 11 is 1.62. The quantitative estimate of drug-likeness (QED) is 0.872. The third-order valence-electron chi connectivity index (χ3n) is 3.59. The van der Waals surface area contributed by atoms with Gasteiger partial charge in [0.05, 0.1) is 18.3 Å². The van der Waals surface area contributed by atoms with E-state index in [2.05, 4.69) is 0 Å². The van der Waals surface area contributed by atoms with Gasteiger partial charge in [-0.05, 0) is 23.8 Å². The summed E-state index contributed by atoms with van der Waals surface area (Å²) in [6, 6.07) is 7.70. The first kappa shape index (κ1) is 12.6. The maximum atomic E-state index is 12.1. The zero-order valence-corrected chi connectivity index (χ0v) is 12.0. The second kappa shape index (κ2) is 5.04. The Morgan fingerprint density at radius 2 is 2.14 bits per heavy atom. The summed E-state index contributed by atoms with van der Waals surface area (Å²) in [4.78, 5) is 14.0. The van der Waals surface area contributed by atoms with Crippen LogP contribution in [0.15, 0.2) is 41.2 Å². The molecule has 0 radical (unpaired) electrons. The summed E-state index contributed by atoms with van der Waals surface area (Å²) in [7, 11) is 0. The predicted molar refractivity (Wildman–Crippen MR) is 77.0 cm³/mol. The molecule has 2 aliphatic heterocycles. The van der Waals surface area contributed by atoms with Crippen LogP contribution in [0.1, 0.15) is 16.5 Å². The highest BCUT2D eigenvalue weighted by Crippen LogP contribution is 2.40. The maximum absolute atomic E-state index is 12.1. The van der Waals surface area contributed by atoms with Crippen molar-refractivity contribution in [1.29, 1.82) is 0 Å². The fourth-order valence-electron chi connectivity index (χ4n) is 2.55. The largest absolute Gasteiger partial charge is 0.472 e. The third kappa shape index (κ3) is 2.25. The van der Waals surface area contributed by atoms with Gasteiger partial charge in [-0.2, -0.15) is 0 Å². The Kier molecular flexibility index (Phi) is 3.03. The Balaban J connectivity index is 1.58. The van der Waals surface area contributed by atoms with Gasteiger partial charge in [0.1, 0.15) is 5.37 Å². The lowest BCUT2D eigenvalue weighted by Gasteiger charge is -2.23. The van der Waals surface area contributed by atoms with Crippen LogP contribution in [0.2, 0.25) is 0 Å². The molecule has 0 aliphatic carbocycles. The van der Waals surface area contributed by atoms with Crippen molar-refractivity contribution in [1.82, 2.24) is 4.90 Å². The molecule has 5 nitrogen and oxygen atoms in total. The van der Waals surface area contributed by atoms with Crippen LogP contribution in [0, 0.1) is 0 Å². The molecule has 1 saturated heterocycles. The van der Waals surface area contributed by atoms with Crippen LogP contribution in [-0.2, 0) is 11.3 Å². The van der Waals surface area contributed by atoms with E-state index in [1.54, 1.807) is 24.3 Å². The predicted octanol–water partition coefficient (Wildman–Crippen LogP) is 2.78. The SMILES string of the molecule is O=C1CSC(c2ccoc2)N1Cc1ccc2c(c1)OCO2. The Labute approximate surface area is 125 Å². The summed E-state index contributed by atoms with van der Waals surface area (Å²) in [6.07, 6.45) is 3.33. The summed E-state index contributed by atoms with van der Waals surface area (Å²) in [6.45, 7) is 0.813. The van der Waals surface area contributed by atoms with E-state index in [1.165, 1.54) is 0 Å². The zero-order chi connectivity index (χ0) is 14.2. The molecule has 6 heteroatoms. The topological polar surface area (TPSA) is 51.9 Å². The summed E-state index contributed by atoms with van der Waals surface area (Å²) in [5, 5.41) is 0.0154. The van der Waals surface area contributed by atoms with E-state index < -0.39 is 0 Å². The van der Waals surface area contributed by atoms with E-state index >= 15 is 0 Å². The van der Waals surface area contributed by atoms with E-state index in [4.69, 9.17) is 13.9 Å². The second-order valence-electron chi connectivity index (χ2n) is 4.93. The number of carbonyl (C=O) groups is 1. The molecule has 1 aromatic heterocycles. The molecule has 3 heterocycles. The summed E-state index contributed by atoms with van der Waals surface area (Å²) in [5.74, 6) is 2.14. The van der Waals surface area contributed by atoms with Gasteiger partial charge in [-0.15, -0.1) is 11.8 Å². The zero-order valence-electron chi connectivity index (χ0n) is 11.2. The minimum absolute atomic E-state index is 0.0154. The first-order chi connectivity index (χ1) is 10.3. The second-order valence-corrected chi connectivity index (χ2v) is 6.00. The summed E-state index contributed by atoms with van der Waals surface area (Å²) < 4.78 is 15.8. The minimum Gasteiger partial charge on any atom is -0.472 e. The number of nitrogens with zero attached hydrogens (tertiary/aromatic N) is 1. The van der Waals surface area contributed by atoms with Crippen LogP contribution >= 0.6 is 11.8 Å². The molecule has 2 aromatic rings. The van der Waals surface area contributed by atoms with Crippen molar-refractivity contribution in [3.63, 3.8) is 0 Å². The van der Waals surface area contributed by atoms with Gasteiger partial charge >= 0.3 is 0 Å². The maximum Gasteiger partial charge on any atom is 0.234 e. The number of hydrogen-bond donors (Lipinski definition) is 0. The molecule has 1 aromatic carbocycles. The van der Waals surface area contributed by atoms with Gasteiger partial charge in [0.15, 0.2) is 11.5 Å². The normalized spacial score (nSPS) is 20.3. The van der Waals surface area contributed by atoms with Crippen LogP contribution < -0.4 is 9.47 Å². The minimum atomic E-state index is 0.0154. The number of benzene rings is 1. The summed E-state index contributed by atoms with van der Waals surface area (Å²) in [5.41, 5.74) is 2.05. The van der Waals surface area contributed by atoms with Crippen LogP contribution in [0.5, 0.6) is 11.5 Å². The van der Waals surface area contributed by atoms with Crippen LogP contribution in [0.3, 0.4) is 0 Å². The molecule has 21 heavy (non-hydrogen) atoms. The van der Waals surface area contributed by atoms with Gasteiger partial charge < -0.3 is 18.8 Å². The molecule has 108 valence electrons. The molecule has 1 atom stereocenters. The molecule has 0 bridgehead atoms. The van der Waals surface area contributed by atoms with Gasteiger partial charge in [0.2, 0.25) is 12.7 Å². The van der Waals surface area contributed by atoms with Crippen molar-refractivity contribution in [2.24, 2.45) is 0 Å². The van der Waals surface area contributed by atoms with Crippen LogP contribution in [-0.4, -0.2) is 23.4 Å². The van der Waals surface area contributed by atoms with Crippen molar-refractivity contribution >= 4 is 17.7 Å². The Morgan fingerprint density at radius 1 is 1.24 bits per heavy atom. The average molecular weight is 303 g/mol. The number of amides is 1. The van der Waals surface area contributed by atoms with E-state index in [0.717, 1.165) is 22.6 Å². The molecule has 4 rings (SSSR count). The fourth-order valence-corrected chi connectivity index (χ4v) is 3.72. The monoisotopic (exact) mass is 303 g/mol. The van der Waals surface area contributed by atoms with E-state index in [9.17, 15) is 4.79 Å². The molecule has 1 fully saturated rings. The lowest BCUT2D eigenvalue weighted by molar-refractivity contribution is -0.128. The molecule has 0 saturated carbocycles. The Bertz CT molecular complexity index is 670. The Hall–Kier alpha value is -2.08. The number of ether oxygens (including phenoxy) is 2. The third-order valence-corrected chi connectivity index (χ3v) is 4.84. The van der Waals surface area contributed by atoms with E-state index in [-0.39, 0.29) is 18.1 Å².